The Morgan fingerprint density at radius 2 is 1.74 bits per heavy atom. The summed E-state index contributed by atoms with van der Waals surface area (Å²) in [7, 11) is 2.07. The van der Waals surface area contributed by atoms with Crippen LogP contribution in [0.2, 0.25) is 0 Å². The number of likely N-dealkylation sites (N-methyl/N-ethyl adjacent to an activating group) is 1. The van der Waals surface area contributed by atoms with Crippen molar-refractivity contribution in [1.82, 2.24) is 19.8 Å². The fourth-order valence-electron chi connectivity index (χ4n) is 4.02. The highest BCUT2D eigenvalue weighted by Gasteiger charge is 2.27. The summed E-state index contributed by atoms with van der Waals surface area (Å²) in [5.41, 5.74) is 3.70. The summed E-state index contributed by atoms with van der Waals surface area (Å²) in [6.45, 7) is 5.16. The van der Waals surface area contributed by atoms with Gasteiger partial charge in [-0.05, 0) is 50.4 Å². The van der Waals surface area contributed by atoms with Gasteiger partial charge in [0.25, 0.3) is 5.91 Å². The Morgan fingerprint density at radius 3 is 2.50 bits per heavy atom. The fourth-order valence-corrected chi connectivity index (χ4v) is 4.02. The van der Waals surface area contributed by atoms with E-state index in [0.717, 1.165) is 35.7 Å². The highest BCUT2D eigenvalue weighted by Crippen LogP contribution is 2.25. The normalized spacial score (nSPS) is 16.2. The van der Waals surface area contributed by atoms with E-state index in [0.29, 0.717) is 36.1 Å². The minimum Gasteiger partial charge on any atom is -0.441 e. The van der Waals surface area contributed by atoms with E-state index in [-0.39, 0.29) is 12.5 Å². The average Bonchev–Trinajstić information content (AvgIpc) is 3.04. The number of para-hydroxylation sites is 1. The van der Waals surface area contributed by atoms with Gasteiger partial charge in [0.2, 0.25) is 5.90 Å². The number of benzene rings is 2. The third-order valence-electron chi connectivity index (χ3n) is 5.93. The molecule has 1 aromatic heterocycles. The van der Waals surface area contributed by atoms with E-state index in [1.54, 1.807) is 6.20 Å². The number of aromatic nitrogens is 2. The molecule has 0 spiro atoms. The largest absolute Gasteiger partial charge is 0.441 e. The minimum atomic E-state index is -0.0542. The summed E-state index contributed by atoms with van der Waals surface area (Å²) in [4.78, 5) is 35.4. The van der Waals surface area contributed by atoms with Crippen molar-refractivity contribution < 1.29 is 9.53 Å². The smallest absolute Gasteiger partial charge is 0.272 e. The van der Waals surface area contributed by atoms with Crippen LogP contribution >= 0.6 is 0 Å². The van der Waals surface area contributed by atoms with Crippen LogP contribution in [0.25, 0.3) is 11.3 Å². The van der Waals surface area contributed by atoms with Crippen molar-refractivity contribution in [3.63, 3.8) is 0 Å². The zero-order valence-electron chi connectivity index (χ0n) is 19.3. The Balaban J connectivity index is 1.37. The fraction of sp³-hybridized carbons (Fsp3) is 0.269. The molecule has 0 unspecified atom stereocenters. The van der Waals surface area contributed by atoms with Crippen molar-refractivity contribution >= 4 is 23.2 Å². The second-order valence-electron chi connectivity index (χ2n) is 8.40. The van der Waals surface area contributed by atoms with Gasteiger partial charge < -0.3 is 14.5 Å². The van der Waals surface area contributed by atoms with Gasteiger partial charge in [-0.25, -0.2) is 15.0 Å². The number of carbonyl (C=O) groups is 1. The number of amides is 1. The van der Waals surface area contributed by atoms with Crippen molar-refractivity contribution in [2.75, 3.05) is 39.8 Å². The van der Waals surface area contributed by atoms with E-state index in [4.69, 9.17) is 9.73 Å². The Bertz CT molecular complexity index is 1260. The summed E-state index contributed by atoms with van der Waals surface area (Å²) in [6, 6.07) is 17.1. The van der Waals surface area contributed by atoms with Gasteiger partial charge in [0, 0.05) is 43.5 Å². The molecule has 0 atom stereocenters. The van der Waals surface area contributed by atoms with Crippen LogP contribution in [0, 0.1) is 6.92 Å². The monoisotopic (exact) mass is 454 g/mol. The van der Waals surface area contributed by atoms with E-state index >= 15 is 0 Å². The van der Waals surface area contributed by atoms with Gasteiger partial charge in [-0.1, -0.05) is 18.2 Å². The molecule has 0 bridgehead atoms. The number of hydrogen-bond acceptors (Lipinski definition) is 7. The number of rotatable bonds is 3. The predicted octanol–water partition coefficient (Wildman–Crippen LogP) is 3.14. The molecule has 1 amide bonds. The van der Waals surface area contributed by atoms with Crippen LogP contribution < -0.4 is 4.74 Å². The second-order valence-corrected chi connectivity index (χ2v) is 8.40. The number of ether oxygens (including phenoxy) is 1. The lowest BCUT2D eigenvalue weighted by atomic mass is 10.1. The highest BCUT2D eigenvalue weighted by atomic mass is 16.5. The molecule has 172 valence electrons. The minimum absolute atomic E-state index is 0.0542. The molecule has 5 rings (SSSR count). The summed E-state index contributed by atoms with van der Waals surface area (Å²) >= 11 is 0. The van der Waals surface area contributed by atoms with Gasteiger partial charge in [-0.2, -0.15) is 0 Å². The summed E-state index contributed by atoms with van der Waals surface area (Å²) in [5, 5.41) is 0. The standard InChI is InChI=1S/C26H26N6O2/c1-18-27-12-11-22(29-18)19-7-9-20(10-8-19)34-24-17-28-25(21-5-3-4-6-23(21)30-24)26(33)32-15-13-31(2)14-16-32/h3-12H,13-17H2,1-2H3. The third kappa shape index (κ3) is 4.72. The molecule has 2 aromatic carbocycles. The van der Waals surface area contributed by atoms with E-state index < -0.39 is 0 Å². The maximum atomic E-state index is 13.3. The van der Waals surface area contributed by atoms with Gasteiger partial charge in [-0.15, -0.1) is 0 Å². The lowest BCUT2D eigenvalue weighted by molar-refractivity contribution is -0.125. The highest BCUT2D eigenvalue weighted by molar-refractivity contribution is 6.46. The molecule has 2 aliphatic heterocycles. The van der Waals surface area contributed by atoms with Crippen molar-refractivity contribution in [3.8, 4) is 17.0 Å². The lowest BCUT2D eigenvalue weighted by Gasteiger charge is -2.32. The van der Waals surface area contributed by atoms with Crippen LogP contribution in [0.1, 0.15) is 11.4 Å². The number of nitrogens with zero attached hydrogens (tertiary/aromatic N) is 6. The van der Waals surface area contributed by atoms with Gasteiger partial charge >= 0.3 is 0 Å². The van der Waals surface area contributed by atoms with Gasteiger partial charge in [-0.3, -0.25) is 9.79 Å². The first-order valence-corrected chi connectivity index (χ1v) is 11.3. The summed E-state index contributed by atoms with van der Waals surface area (Å²) in [6.07, 6.45) is 1.75. The topological polar surface area (TPSA) is 83.3 Å². The van der Waals surface area contributed by atoms with E-state index in [1.807, 2.05) is 66.4 Å². The molecule has 3 heterocycles. The predicted molar refractivity (Wildman–Crippen MR) is 132 cm³/mol. The quantitative estimate of drug-likeness (QED) is 0.607. The van der Waals surface area contributed by atoms with Crippen LogP contribution in [0.5, 0.6) is 5.75 Å². The molecular formula is C26H26N6O2. The molecule has 8 nitrogen and oxygen atoms in total. The zero-order valence-corrected chi connectivity index (χ0v) is 19.3. The Kier molecular flexibility index (Phi) is 6.14. The van der Waals surface area contributed by atoms with Crippen LogP contribution in [-0.2, 0) is 4.79 Å². The molecule has 0 saturated carbocycles. The maximum absolute atomic E-state index is 13.3. The first-order chi connectivity index (χ1) is 16.6. The first kappa shape index (κ1) is 21.9. The second kappa shape index (κ2) is 9.52. The Morgan fingerprint density at radius 1 is 0.971 bits per heavy atom. The van der Waals surface area contributed by atoms with Crippen LogP contribution in [0.3, 0.4) is 0 Å². The van der Waals surface area contributed by atoms with Crippen molar-refractivity contribution in [2.24, 2.45) is 9.98 Å². The molecule has 0 radical (unpaired) electrons. The molecule has 8 heteroatoms. The molecule has 0 aliphatic carbocycles. The number of aryl methyl sites for hydroxylation is 1. The van der Waals surface area contributed by atoms with Crippen LogP contribution in [-0.4, -0.2) is 77.1 Å². The molecule has 3 aromatic rings. The number of hydrogen-bond donors (Lipinski definition) is 0. The number of aliphatic imine (C=N–C) groups is 2. The average molecular weight is 455 g/mol. The zero-order chi connectivity index (χ0) is 23.5. The van der Waals surface area contributed by atoms with Crippen molar-refractivity contribution in [1.29, 1.82) is 0 Å². The lowest BCUT2D eigenvalue weighted by Crippen LogP contribution is -2.49. The van der Waals surface area contributed by atoms with Crippen molar-refractivity contribution in [3.05, 3.63) is 72.2 Å². The molecule has 2 aliphatic rings. The third-order valence-corrected chi connectivity index (χ3v) is 5.93. The van der Waals surface area contributed by atoms with Crippen molar-refractivity contribution in [2.45, 2.75) is 6.92 Å². The van der Waals surface area contributed by atoms with Gasteiger partial charge in [0.1, 0.15) is 23.8 Å². The Hall–Kier alpha value is -3.91. The van der Waals surface area contributed by atoms with Gasteiger partial charge in [0.15, 0.2) is 0 Å². The molecular weight excluding hydrogens is 428 g/mol. The molecule has 1 fully saturated rings. The first-order valence-electron chi connectivity index (χ1n) is 11.3. The maximum Gasteiger partial charge on any atom is 0.272 e. The number of carbonyl (C=O) groups excluding carboxylic acids is 1. The van der Waals surface area contributed by atoms with Gasteiger partial charge in [0.05, 0.1) is 11.4 Å². The summed E-state index contributed by atoms with van der Waals surface area (Å²) in [5.74, 6) is 1.76. The van der Waals surface area contributed by atoms with Crippen LogP contribution in [0.4, 0.5) is 5.69 Å². The Labute approximate surface area is 198 Å². The van der Waals surface area contributed by atoms with E-state index in [1.165, 1.54) is 0 Å². The molecule has 34 heavy (non-hydrogen) atoms. The SMILES string of the molecule is Cc1nccc(-c2ccc(OC3=Nc4ccccc4C(C(=O)N4CCN(C)CC4)=NC3)cc2)n1. The van der Waals surface area contributed by atoms with E-state index in [2.05, 4.69) is 26.9 Å². The van der Waals surface area contributed by atoms with E-state index in [9.17, 15) is 4.79 Å². The molecule has 0 N–H and O–H groups in total. The number of fused-ring (bicyclic) bond motifs is 1. The molecule has 1 saturated heterocycles. The number of piperazine rings is 1. The summed E-state index contributed by atoms with van der Waals surface area (Å²) < 4.78 is 6.07. The van der Waals surface area contributed by atoms with Crippen LogP contribution in [0.15, 0.2) is 70.8 Å².